The molecule has 138 valence electrons. The molecule has 26 heavy (non-hydrogen) atoms. The fourth-order valence-electron chi connectivity index (χ4n) is 3.14. The van der Waals surface area contributed by atoms with Gasteiger partial charge in [0, 0.05) is 13.1 Å². The van der Waals surface area contributed by atoms with E-state index >= 15 is 0 Å². The zero-order valence-electron chi connectivity index (χ0n) is 14.0. The van der Waals surface area contributed by atoms with Crippen molar-refractivity contribution in [1.29, 1.82) is 0 Å². The Labute approximate surface area is 149 Å². The molecular formula is C18H19F3N4O. The monoisotopic (exact) mass is 364 g/mol. The van der Waals surface area contributed by atoms with Crippen LogP contribution < -0.4 is 11.1 Å². The molecule has 1 saturated heterocycles. The van der Waals surface area contributed by atoms with Crippen LogP contribution >= 0.6 is 0 Å². The number of nitrogens with two attached hydrogens (primary N) is 1. The predicted octanol–water partition coefficient (Wildman–Crippen LogP) is 3.06. The Morgan fingerprint density at radius 1 is 1.23 bits per heavy atom. The first kappa shape index (κ1) is 18.2. The summed E-state index contributed by atoms with van der Waals surface area (Å²) in [5.74, 6) is -0.837. The highest BCUT2D eigenvalue weighted by Gasteiger charge is 2.62. The summed E-state index contributed by atoms with van der Waals surface area (Å²) in [7, 11) is 0. The third-order valence-corrected chi connectivity index (χ3v) is 4.62. The SMILES string of the molecule is Nc1ccc(NC(=O)C2(C(F)(F)F)CCN(Cc3ccccc3)C2)cn1. The molecule has 1 aromatic carbocycles. The van der Waals surface area contributed by atoms with E-state index in [4.69, 9.17) is 5.73 Å². The number of anilines is 2. The number of benzene rings is 1. The van der Waals surface area contributed by atoms with Crippen molar-refractivity contribution in [3.05, 3.63) is 54.2 Å². The van der Waals surface area contributed by atoms with Gasteiger partial charge < -0.3 is 11.1 Å². The molecular weight excluding hydrogens is 345 g/mol. The molecule has 8 heteroatoms. The van der Waals surface area contributed by atoms with Crippen molar-refractivity contribution in [3.63, 3.8) is 0 Å². The van der Waals surface area contributed by atoms with Gasteiger partial charge in [-0.25, -0.2) is 4.98 Å². The number of likely N-dealkylation sites (tertiary alicyclic amines) is 1. The maximum atomic E-state index is 13.8. The molecule has 1 aliphatic heterocycles. The second kappa shape index (κ2) is 6.95. The number of hydrogen-bond donors (Lipinski definition) is 2. The lowest BCUT2D eigenvalue weighted by molar-refractivity contribution is -0.215. The molecule has 3 rings (SSSR count). The second-order valence-corrected chi connectivity index (χ2v) is 6.45. The van der Waals surface area contributed by atoms with Crippen LogP contribution in [0.4, 0.5) is 24.7 Å². The van der Waals surface area contributed by atoms with Crippen molar-refractivity contribution in [1.82, 2.24) is 9.88 Å². The van der Waals surface area contributed by atoms with Crippen LogP contribution in [0.5, 0.6) is 0 Å². The summed E-state index contributed by atoms with van der Waals surface area (Å²) in [6.07, 6.45) is -3.69. The number of nitrogen functional groups attached to an aromatic ring is 1. The van der Waals surface area contributed by atoms with Crippen LogP contribution in [-0.2, 0) is 11.3 Å². The summed E-state index contributed by atoms with van der Waals surface area (Å²) in [4.78, 5) is 18.0. The number of amides is 1. The van der Waals surface area contributed by atoms with Gasteiger partial charge in [0.05, 0.1) is 11.9 Å². The van der Waals surface area contributed by atoms with Crippen molar-refractivity contribution >= 4 is 17.4 Å². The fourth-order valence-corrected chi connectivity index (χ4v) is 3.14. The van der Waals surface area contributed by atoms with Gasteiger partial charge in [-0.3, -0.25) is 9.69 Å². The largest absolute Gasteiger partial charge is 0.404 e. The van der Waals surface area contributed by atoms with E-state index in [2.05, 4.69) is 10.3 Å². The summed E-state index contributed by atoms with van der Waals surface area (Å²) < 4.78 is 41.5. The first-order valence-electron chi connectivity index (χ1n) is 8.16. The summed E-state index contributed by atoms with van der Waals surface area (Å²) in [5, 5.41) is 2.34. The molecule has 1 aliphatic rings. The molecule has 5 nitrogen and oxygen atoms in total. The van der Waals surface area contributed by atoms with E-state index in [-0.39, 0.29) is 31.0 Å². The molecule has 1 fully saturated rings. The van der Waals surface area contributed by atoms with Crippen molar-refractivity contribution in [2.24, 2.45) is 5.41 Å². The lowest BCUT2D eigenvalue weighted by Crippen LogP contribution is -2.49. The highest BCUT2D eigenvalue weighted by Crippen LogP contribution is 2.46. The van der Waals surface area contributed by atoms with E-state index in [1.54, 1.807) is 4.90 Å². The summed E-state index contributed by atoms with van der Waals surface area (Å²) in [5.41, 5.74) is 4.11. The quantitative estimate of drug-likeness (QED) is 0.875. The number of carbonyl (C=O) groups is 1. The van der Waals surface area contributed by atoms with Crippen LogP contribution in [-0.4, -0.2) is 35.1 Å². The Balaban J connectivity index is 1.77. The Kier molecular flexibility index (Phi) is 4.86. The molecule has 2 aromatic rings. The highest BCUT2D eigenvalue weighted by molar-refractivity contribution is 5.96. The summed E-state index contributed by atoms with van der Waals surface area (Å²) in [6.45, 7) is 0.191. The minimum Gasteiger partial charge on any atom is -0.384 e. The van der Waals surface area contributed by atoms with Gasteiger partial charge in [-0.1, -0.05) is 30.3 Å². The van der Waals surface area contributed by atoms with Crippen LogP contribution in [0, 0.1) is 5.41 Å². The topological polar surface area (TPSA) is 71.2 Å². The van der Waals surface area contributed by atoms with Gasteiger partial charge >= 0.3 is 6.18 Å². The van der Waals surface area contributed by atoms with Crippen LogP contribution in [0.25, 0.3) is 0 Å². The van der Waals surface area contributed by atoms with Crippen LogP contribution in [0.1, 0.15) is 12.0 Å². The lowest BCUT2D eigenvalue weighted by atomic mass is 9.85. The molecule has 0 radical (unpaired) electrons. The number of nitrogens with one attached hydrogen (secondary N) is 1. The number of rotatable bonds is 4. The summed E-state index contributed by atoms with van der Waals surface area (Å²) >= 11 is 0. The van der Waals surface area contributed by atoms with E-state index in [0.29, 0.717) is 6.54 Å². The summed E-state index contributed by atoms with van der Waals surface area (Å²) in [6, 6.07) is 12.1. The molecule has 3 N–H and O–H groups in total. The van der Waals surface area contributed by atoms with Gasteiger partial charge in [-0.05, 0) is 30.7 Å². The fraction of sp³-hybridized carbons (Fsp3) is 0.333. The number of aromatic nitrogens is 1. The zero-order valence-corrected chi connectivity index (χ0v) is 14.0. The van der Waals surface area contributed by atoms with E-state index < -0.39 is 17.5 Å². The molecule has 1 amide bonds. The highest BCUT2D eigenvalue weighted by atomic mass is 19.4. The smallest absolute Gasteiger partial charge is 0.384 e. The maximum Gasteiger partial charge on any atom is 0.404 e. The normalized spacial score (nSPS) is 20.9. The Hall–Kier alpha value is -2.61. The Bertz CT molecular complexity index is 764. The molecule has 0 bridgehead atoms. The predicted molar refractivity (Wildman–Crippen MR) is 92.1 cm³/mol. The van der Waals surface area contributed by atoms with Crippen LogP contribution in [0.15, 0.2) is 48.7 Å². The molecule has 1 atom stereocenters. The number of hydrogen-bond acceptors (Lipinski definition) is 4. The Morgan fingerprint density at radius 3 is 2.58 bits per heavy atom. The molecule has 1 unspecified atom stereocenters. The molecule has 2 heterocycles. The first-order valence-corrected chi connectivity index (χ1v) is 8.16. The molecule has 0 saturated carbocycles. The van der Waals surface area contributed by atoms with Crippen LogP contribution in [0.3, 0.4) is 0 Å². The van der Waals surface area contributed by atoms with Gasteiger partial charge in [-0.2, -0.15) is 13.2 Å². The number of carbonyl (C=O) groups excluding carboxylic acids is 1. The third-order valence-electron chi connectivity index (χ3n) is 4.62. The number of alkyl halides is 3. The third kappa shape index (κ3) is 3.65. The van der Waals surface area contributed by atoms with Gasteiger partial charge in [0.15, 0.2) is 5.41 Å². The van der Waals surface area contributed by atoms with Crippen molar-refractivity contribution in [3.8, 4) is 0 Å². The van der Waals surface area contributed by atoms with E-state index in [1.807, 2.05) is 30.3 Å². The Morgan fingerprint density at radius 2 is 1.96 bits per heavy atom. The minimum atomic E-state index is -4.65. The van der Waals surface area contributed by atoms with Gasteiger partial charge in [0.25, 0.3) is 0 Å². The minimum absolute atomic E-state index is 0.189. The standard InChI is InChI=1S/C18H19F3N4O/c19-18(20,21)17(16(26)24-14-6-7-15(22)23-10-14)8-9-25(12-17)11-13-4-2-1-3-5-13/h1-7,10H,8-9,11-12H2,(H2,22,23)(H,24,26). The zero-order chi connectivity index (χ0) is 18.8. The second-order valence-electron chi connectivity index (χ2n) is 6.45. The van der Waals surface area contributed by atoms with Gasteiger partial charge in [0.1, 0.15) is 5.82 Å². The maximum absolute atomic E-state index is 13.8. The van der Waals surface area contributed by atoms with Crippen LogP contribution in [0.2, 0.25) is 0 Å². The molecule has 0 aliphatic carbocycles. The average Bonchev–Trinajstić information content (AvgIpc) is 3.03. The molecule has 1 aromatic heterocycles. The van der Waals surface area contributed by atoms with E-state index in [0.717, 1.165) is 5.56 Å². The van der Waals surface area contributed by atoms with Crippen molar-refractivity contribution in [2.45, 2.75) is 19.1 Å². The number of nitrogens with zero attached hydrogens (tertiary/aromatic N) is 2. The lowest BCUT2D eigenvalue weighted by Gasteiger charge is -2.30. The van der Waals surface area contributed by atoms with Crippen molar-refractivity contribution in [2.75, 3.05) is 24.1 Å². The molecule has 0 spiro atoms. The van der Waals surface area contributed by atoms with Gasteiger partial charge in [0.2, 0.25) is 5.91 Å². The average molecular weight is 364 g/mol. The van der Waals surface area contributed by atoms with E-state index in [9.17, 15) is 18.0 Å². The van der Waals surface area contributed by atoms with E-state index in [1.165, 1.54) is 18.3 Å². The van der Waals surface area contributed by atoms with Crippen molar-refractivity contribution < 1.29 is 18.0 Å². The number of pyridine rings is 1. The first-order chi connectivity index (χ1) is 12.3. The number of halogens is 3. The van der Waals surface area contributed by atoms with Gasteiger partial charge in [-0.15, -0.1) is 0 Å².